The number of hydrogen-bond donors (Lipinski definition) is 2. The molecule has 19 heavy (non-hydrogen) atoms. The minimum atomic E-state index is -0.643. The summed E-state index contributed by atoms with van der Waals surface area (Å²) in [6.45, 7) is -0.0326. The van der Waals surface area contributed by atoms with E-state index in [1.165, 1.54) is 24.5 Å². The summed E-state index contributed by atoms with van der Waals surface area (Å²) < 4.78 is 23.8. The quantitative estimate of drug-likeness (QED) is 0.513. The molecule has 2 rings (SSSR count). The predicted molar refractivity (Wildman–Crippen MR) is 66.1 cm³/mol. The van der Waals surface area contributed by atoms with Gasteiger partial charge in [0.2, 0.25) is 0 Å². The van der Waals surface area contributed by atoms with Gasteiger partial charge in [0, 0.05) is 0 Å². The van der Waals surface area contributed by atoms with Crippen molar-refractivity contribution in [2.24, 2.45) is 5.84 Å². The molecule has 7 heteroatoms. The van der Waals surface area contributed by atoms with E-state index in [-0.39, 0.29) is 22.9 Å². The number of hydrogen-bond acceptors (Lipinski definition) is 4. The number of nitrogens with one attached hydrogen (secondary N) is 1. The third kappa shape index (κ3) is 3.04. The zero-order valence-electron chi connectivity index (χ0n) is 9.65. The Morgan fingerprint density at radius 2 is 2.32 bits per heavy atom. The standard InChI is InChI=1S/C12H10ClFN2O3/c13-9-2-1-3-10(11(9)14)19-6-8-4-7(5-18-8)12(17)16-15/h1-5H,6,15H2,(H,16,17). The molecule has 0 aliphatic heterocycles. The molecule has 0 saturated carbocycles. The predicted octanol–water partition coefficient (Wildman–Crippen LogP) is 2.25. The van der Waals surface area contributed by atoms with Crippen LogP contribution in [0.2, 0.25) is 5.02 Å². The fourth-order valence-corrected chi connectivity index (χ4v) is 1.57. The van der Waals surface area contributed by atoms with Gasteiger partial charge in [0.1, 0.15) is 18.6 Å². The minimum Gasteiger partial charge on any atom is -0.483 e. The lowest BCUT2D eigenvalue weighted by atomic mass is 10.3. The molecule has 0 spiro atoms. The second-order valence-electron chi connectivity index (χ2n) is 3.62. The van der Waals surface area contributed by atoms with E-state index >= 15 is 0 Å². The number of furan rings is 1. The molecule has 5 nitrogen and oxygen atoms in total. The van der Waals surface area contributed by atoms with Crippen molar-refractivity contribution in [3.63, 3.8) is 0 Å². The number of carbonyl (C=O) groups excluding carboxylic acids is 1. The number of ether oxygens (including phenoxy) is 1. The highest BCUT2D eigenvalue weighted by Crippen LogP contribution is 2.25. The molecule has 0 unspecified atom stereocenters. The van der Waals surface area contributed by atoms with Crippen LogP contribution in [0.15, 0.2) is 34.9 Å². The van der Waals surface area contributed by atoms with Gasteiger partial charge in [-0.15, -0.1) is 0 Å². The third-order valence-electron chi connectivity index (χ3n) is 2.33. The SMILES string of the molecule is NNC(=O)c1coc(COc2cccc(Cl)c2F)c1. The Morgan fingerprint density at radius 3 is 3.05 bits per heavy atom. The van der Waals surface area contributed by atoms with Gasteiger partial charge in [-0.25, -0.2) is 10.2 Å². The van der Waals surface area contributed by atoms with E-state index in [0.717, 1.165) is 0 Å². The first kappa shape index (κ1) is 13.4. The zero-order valence-corrected chi connectivity index (χ0v) is 10.4. The molecule has 0 bridgehead atoms. The maximum atomic E-state index is 13.5. The first-order chi connectivity index (χ1) is 9.11. The van der Waals surface area contributed by atoms with Gasteiger partial charge in [0.25, 0.3) is 5.91 Å². The number of nitrogen functional groups attached to an aromatic ring is 1. The molecule has 0 saturated heterocycles. The summed E-state index contributed by atoms with van der Waals surface area (Å²) in [6, 6.07) is 5.87. The van der Waals surface area contributed by atoms with Crippen molar-refractivity contribution in [2.45, 2.75) is 6.61 Å². The summed E-state index contributed by atoms with van der Waals surface area (Å²) in [4.78, 5) is 11.2. The normalized spacial score (nSPS) is 10.3. The van der Waals surface area contributed by atoms with E-state index in [1.807, 2.05) is 5.43 Å². The van der Waals surface area contributed by atoms with Crippen LogP contribution in [0.25, 0.3) is 0 Å². The van der Waals surface area contributed by atoms with Crippen molar-refractivity contribution in [3.8, 4) is 5.75 Å². The first-order valence-electron chi connectivity index (χ1n) is 5.27. The van der Waals surface area contributed by atoms with E-state index < -0.39 is 11.7 Å². The van der Waals surface area contributed by atoms with Crippen LogP contribution in [0.5, 0.6) is 5.75 Å². The Balaban J connectivity index is 2.04. The highest BCUT2D eigenvalue weighted by molar-refractivity contribution is 6.30. The second-order valence-corrected chi connectivity index (χ2v) is 4.02. The van der Waals surface area contributed by atoms with Crippen LogP contribution in [0.1, 0.15) is 16.1 Å². The molecule has 2 aromatic rings. The van der Waals surface area contributed by atoms with Gasteiger partial charge >= 0.3 is 0 Å². The van der Waals surface area contributed by atoms with Gasteiger partial charge in [-0.3, -0.25) is 10.2 Å². The monoisotopic (exact) mass is 284 g/mol. The second kappa shape index (κ2) is 5.73. The maximum Gasteiger partial charge on any atom is 0.268 e. The fourth-order valence-electron chi connectivity index (χ4n) is 1.40. The summed E-state index contributed by atoms with van der Waals surface area (Å²) >= 11 is 5.61. The van der Waals surface area contributed by atoms with Crippen molar-refractivity contribution in [1.29, 1.82) is 0 Å². The van der Waals surface area contributed by atoms with Crippen LogP contribution in [-0.2, 0) is 6.61 Å². The number of carbonyl (C=O) groups is 1. The Morgan fingerprint density at radius 1 is 1.53 bits per heavy atom. The largest absolute Gasteiger partial charge is 0.483 e. The molecular formula is C12H10ClFN2O3. The lowest BCUT2D eigenvalue weighted by molar-refractivity contribution is 0.0953. The van der Waals surface area contributed by atoms with Crippen molar-refractivity contribution in [2.75, 3.05) is 0 Å². The van der Waals surface area contributed by atoms with E-state index in [1.54, 1.807) is 6.07 Å². The molecule has 1 amide bonds. The van der Waals surface area contributed by atoms with Crippen molar-refractivity contribution in [3.05, 3.63) is 52.7 Å². The average Bonchev–Trinajstić information content (AvgIpc) is 2.88. The molecule has 1 heterocycles. The van der Waals surface area contributed by atoms with Crippen molar-refractivity contribution >= 4 is 17.5 Å². The molecular weight excluding hydrogens is 275 g/mol. The van der Waals surface area contributed by atoms with Gasteiger partial charge in [-0.05, 0) is 18.2 Å². The van der Waals surface area contributed by atoms with Crippen LogP contribution in [0.3, 0.4) is 0 Å². The van der Waals surface area contributed by atoms with E-state index in [4.69, 9.17) is 26.6 Å². The van der Waals surface area contributed by atoms with Crippen LogP contribution in [0, 0.1) is 5.82 Å². The first-order valence-corrected chi connectivity index (χ1v) is 5.64. The highest BCUT2D eigenvalue weighted by atomic mass is 35.5. The molecule has 0 atom stereocenters. The van der Waals surface area contributed by atoms with Gasteiger partial charge in [-0.2, -0.15) is 0 Å². The Labute approximate surface area is 113 Å². The topological polar surface area (TPSA) is 77.5 Å². The lowest BCUT2D eigenvalue weighted by Crippen LogP contribution is -2.29. The Bertz CT molecular complexity index is 600. The van der Waals surface area contributed by atoms with E-state index in [0.29, 0.717) is 5.76 Å². The molecule has 0 radical (unpaired) electrons. The molecule has 1 aromatic carbocycles. The van der Waals surface area contributed by atoms with Gasteiger partial charge in [-0.1, -0.05) is 17.7 Å². The average molecular weight is 285 g/mol. The zero-order chi connectivity index (χ0) is 13.8. The molecule has 0 aliphatic rings. The Hall–Kier alpha value is -2.05. The minimum absolute atomic E-state index is 0.00808. The Kier molecular flexibility index (Phi) is 4.03. The number of amides is 1. The molecule has 1 aromatic heterocycles. The molecule has 3 N–H and O–H groups in total. The number of benzene rings is 1. The van der Waals surface area contributed by atoms with Crippen molar-refractivity contribution in [1.82, 2.24) is 5.43 Å². The van der Waals surface area contributed by atoms with Gasteiger partial charge in [0.15, 0.2) is 11.6 Å². The van der Waals surface area contributed by atoms with E-state index in [2.05, 4.69) is 0 Å². The van der Waals surface area contributed by atoms with Crippen molar-refractivity contribution < 1.29 is 18.3 Å². The fraction of sp³-hybridized carbons (Fsp3) is 0.0833. The number of nitrogens with two attached hydrogens (primary N) is 1. The molecule has 100 valence electrons. The van der Waals surface area contributed by atoms with Crippen LogP contribution in [-0.4, -0.2) is 5.91 Å². The summed E-state index contributed by atoms with van der Waals surface area (Å²) in [5, 5.41) is -0.0276. The summed E-state index contributed by atoms with van der Waals surface area (Å²) in [5.41, 5.74) is 2.22. The lowest BCUT2D eigenvalue weighted by Gasteiger charge is -2.05. The summed E-state index contributed by atoms with van der Waals surface area (Å²) in [7, 11) is 0. The van der Waals surface area contributed by atoms with Gasteiger partial charge in [0.05, 0.1) is 10.6 Å². The van der Waals surface area contributed by atoms with Crippen LogP contribution >= 0.6 is 11.6 Å². The highest BCUT2D eigenvalue weighted by Gasteiger charge is 2.11. The number of hydrazine groups is 1. The van der Waals surface area contributed by atoms with Crippen LogP contribution < -0.4 is 16.0 Å². The summed E-state index contributed by atoms with van der Waals surface area (Å²) in [6.07, 6.45) is 1.23. The van der Waals surface area contributed by atoms with Gasteiger partial charge < -0.3 is 9.15 Å². The van der Waals surface area contributed by atoms with E-state index in [9.17, 15) is 9.18 Å². The van der Waals surface area contributed by atoms with Crippen LogP contribution in [0.4, 0.5) is 4.39 Å². The maximum absolute atomic E-state index is 13.5. The number of rotatable bonds is 4. The number of halogens is 2. The summed E-state index contributed by atoms with van der Waals surface area (Å²) in [5.74, 6) is 4.22. The third-order valence-corrected chi connectivity index (χ3v) is 2.63. The smallest absolute Gasteiger partial charge is 0.268 e. The molecule has 0 fully saturated rings. The molecule has 0 aliphatic carbocycles.